The predicted molar refractivity (Wildman–Crippen MR) is 96.1 cm³/mol. The number of benzene rings is 2. The first kappa shape index (κ1) is 17.2. The lowest BCUT2D eigenvalue weighted by Crippen LogP contribution is -3.19. The Morgan fingerprint density at radius 2 is 1.73 bits per heavy atom. The van der Waals surface area contributed by atoms with Crippen LogP contribution in [0.2, 0.25) is 0 Å². The van der Waals surface area contributed by atoms with Gasteiger partial charge in [0.2, 0.25) is 0 Å². The van der Waals surface area contributed by atoms with Crippen molar-refractivity contribution in [3.8, 4) is 0 Å². The summed E-state index contributed by atoms with van der Waals surface area (Å²) < 4.78 is 37.8. The van der Waals surface area contributed by atoms with Gasteiger partial charge >= 0.3 is 0 Å². The number of sulfone groups is 1. The first-order valence-corrected chi connectivity index (χ1v) is 10.4. The van der Waals surface area contributed by atoms with Crippen LogP contribution in [0.3, 0.4) is 0 Å². The van der Waals surface area contributed by atoms with Crippen molar-refractivity contribution < 1.29 is 22.5 Å². The Morgan fingerprint density at radius 3 is 2.42 bits per heavy atom. The Morgan fingerprint density at radius 1 is 1.04 bits per heavy atom. The van der Waals surface area contributed by atoms with E-state index in [9.17, 15) is 17.6 Å². The molecule has 1 amide bonds. The number of carbonyl (C=O) groups excluding carboxylic acids is 1. The molecular formula is C19H20FN2O3S+. The summed E-state index contributed by atoms with van der Waals surface area (Å²) in [7, 11) is -3.20. The summed E-state index contributed by atoms with van der Waals surface area (Å²) in [5.74, 6) is -0.322. The second-order valence-corrected chi connectivity index (χ2v) is 9.14. The Balaban J connectivity index is 1.65. The molecule has 0 saturated carbocycles. The molecule has 3 atom stereocenters. The van der Waals surface area contributed by atoms with E-state index in [1.165, 1.54) is 12.1 Å². The van der Waals surface area contributed by atoms with Gasteiger partial charge in [0, 0.05) is 11.3 Å². The summed E-state index contributed by atoms with van der Waals surface area (Å²) in [6.07, 6.45) is 0. The number of para-hydroxylation sites is 1. The summed E-state index contributed by atoms with van der Waals surface area (Å²) in [5, 5.41) is 0. The fourth-order valence-corrected chi connectivity index (χ4v) is 6.09. The predicted octanol–water partition coefficient (Wildman–Crippen LogP) is 0.423. The number of fused-ring (bicyclic) bond motifs is 1. The van der Waals surface area contributed by atoms with Crippen molar-refractivity contribution in [2.45, 2.75) is 18.6 Å². The zero-order valence-corrected chi connectivity index (χ0v) is 15.0. The summed E-state index contributed by atoms with van der Waals surface area (Å²) in [6, 6.07) is 14.9. The molecule has 1 unspecified atom stereocenters. The van der Waals surface area contributed by atoms with Gasteiger partial charge in [0.25, 0.3) is 5.91 Å². The standard InChI is InChI=1S/C19H19FN2O3S/c20-15-8-6-14(7-9-15)10-21-11-19(23)22(16-4-2-1-3-5-16)18-13-26(24,25)12-17(18)21/h1-9,17-18H,10-13H2/p+1/t17-,18-/m1/s1. The fraction of sp³-hybridized carbons (Fsp3) is 0.316. The lowest BCUT2D eigenvalue weighted by Gasteiger charge is -2.40. The molecule has 0 aliphatic carbocycles. The average Bonchev–Trinajstić information content (AvgIpc) is 2.93. The largest absolute Gasteiger partial charge is 0.318 e. The number of nitrogens with one attached hydrogen (secondary N) is 1. The van der Waals surface area contributed by atoms with Crippen molar-refractivity contribution in [1.29, 1.82) is 0 Å². The quantitative estimate of drug-likeness (QED) is 0.846. The fourth-order valence-electron chi connectivity index (χ4n) is 4.05. The Hall–Kier alpha value is -2.25. The Kier molecular flexibility index (Phi) is 4.28. The number of hydrogen-bond donors (Lipinski definition) is 1. The maximum absolute atomic E-state index is 13.1. The molecule has 136 valence electrons. The molecule has 2 aromatic carbocycles. The molecular weight excluding hydrogens is 355 g/mol. The van der Waals surface area contributed by atoms with Crippen LogP contribution in [0, 0.1) is 5.82 Å². The molecule has 2 aliphatic heterocycles. The average molecular weight is 375 g/mol. The van der Waals surface area contributed by atoms with E-state index in [2.05, 4.69) is 0 Å². The molecule has 2 fully saturated rings. The van der Waals surface area contributed by atoms with Gasteiger partial charge < -0.3 is 4.90 Å². The molecule has 0 radical (unpaired) electrons. The van der Waals surface area contributed by atoms with Crippen LogP contribution >= 0.6 is 0 Å². The van der Waals surface area contributed by atoms with E-state index in [0.29, 0.717) is 6.54 Å². The monoisotopic (exact) mass is 375 g/mol. The molecule has 0 spiro atoms. The second-order valence-electron chi connectivity index (χ2n) is 6.99. The number of rotatable bonds is 3. The highest BCUT2D eigenvalue weighted by molar-refractivity contribution is 7.91. The van der Waals surface area contributed by atoms with E-state index in [1.807, 2.05) is 30.3 Å². The second kappa shape index (κ2) is 6.48. The topological polar surface area (TPSA) is 58.9 Å². The zero-order chi connectivity index (χ0) is 18.3. The highest BCUT2D eigenvalue weighted by atomic mass is 32.2. The molecule has 2 aromatic rings. The smallest absolute Gasteiger partial charge is 0.282 e. The van der Waals surface area contributed by atoms with E-state index in [4.69, 9.17) is 0 Å². The van der Waals surface area contributed by atoms with Crippen molar-refractivity contribution in [1.82, 2.24) is 0 Å². The highest BCUT2D eigenvalue weighted by Crippen LogP contribution is 2.26. The van der Waals surface area contributed by atoms with Crippen LogP contribution in [-0.2, 0) is 21.2 Å². The normalized spacial score (nSPS) is 27.3. The SMILES string of the molecule is O=C1C[NH+](Cc2ccc(F)cc2)[C@@H]2CS(=O)(=O)C[C@H]2N1c1ccccc1. The van der Waals surface area contributed by atoms with Crippen molar-refractivity contribution in [3.63, 3.8) is 0 Å². The summed E-state index contributed by atoms with van der Waals surface area (Å²) >= 11 is 0. The Labute approximate surface area is 152 Å². The van der Waals surface area contributed by atoms with Crippen LogP contribution in [-0.4, -0.2) is 44.5 Å². The molecule has 2 aliphatic rings. The van der Waals surface area contributed by atoms with Crippen LogP contribution in [0.15, 0.2) is 54.6 Å². The number of anilines is 1. The number of quaternary nitrogens is 1. The van der Waals surface area contributed by atoms with E-state index in [1.54, 1.807) is 17.0 Å². The number of nitrogens with zero attached hydrogens (tertiary/aromatic N) is 1. The van der Waals surface area contributed by atoms with Crippen LogP contribution in [0.5, 0.6) is 0 Å². The Bertz CT molecular complexity index is 916. The summed E-state index contributed by atoms with van der Waals surface area (Å²) in [6.45, 7) is 0.730. The molecule has 2 saturated heterocycles. The molecule has 4 rings (SSSR count). The van der Waals surface area contributed by atoms with Crippen molar-refractivity contribution >= 4 is 21.4 Å². The maximum atomic E-state index is 13.1. The minimum absolute atomic E-state index is 0.00871. The van der Waals surface area contributed by atoms with Crippen LogP contribution in [0.4, 0.5) is 10.1 Å². The van der Waals surface area contributed by atoms with Crippen molar-refractivity contribution in [2.24, 2.45) is 0 Å². The number of hydrogen-bond acceptors (Lipinski definition) is 3. The van der Waals surface area contributed by atoms with Crippen molar-refractivity contribution in [2.75, 3.05) is 23.0 Å². The van der Waals surface area contributed by atoms with Gasteiger partial charge in [0.05, 0.1) is 5.75 Å². The molecule has 1 N–H and O–H groups in total. The van der Waals surface area contributed by atoms with Gasteiger partial charge in [-0.15, -0.1) is 0 Å². The minimum atomic E-state index is -3.20. The highest BCUT2D eigenvalue weighted by Gasteiger charge is 2.52. The van der Waals surface area contributed by atoms with Gasteiger partial charge in [-0.05, 0) is 24.3 Å². The number of halogens is 1. The number of piperazine rings is 1. The zero-order valence-electron chi connectivity index (χ0n) is 14.1. The van der Waals surface area contributed by atoms with Gasteiger partial charge in [-0.3, -0.25) is 9.69 Å². The molecule has 2 heterocycles. The molecule has 0 aromatic heterocycles. The lowest BCUT2D eigenvalue weighted by atomic mass is 10.0. The third-order valence-electron chi connectivity index (χ3n) is 5.20. The lowest BCUT2D eigenvalue weighted by molar-refractivity contribution is -0.931. The molecule has 26 heavy (non-hydrogen) atoms. The molecule has 0 bridgehead atoms. The van der Waals surface area contributed by atoms with Crippen LogP contribution in [0.25, 0.3) is 0 Å². The van der Waals surface area contributed by atoms with Crippen molar-refractivity contribution in [3.05, 3.63) is 66.0 Å². The molecule has 5 nitrogen and oxygen atoms in total. The molecule has 7 heteroatoms. The summed E-state index contributed by atoms with van der Waals surface area (Å²) in [4.78, 5) is 15.4. The van der Waals surface area contributed by atoms with E-state index >= 15 is 0 Å². The van der Waals surface area contributed by atoms with E-state index < -0.39 is 9.84 Å². The van der Waals surface area contributed by atoms with Crippen LogP contribution < -0.4 is 9.80 Å². The van der Waals surface area contributed by atoms with Gasteiger partial charge in [0.15, 0.2) is 16.4 Å². The van der Waals surface area contributed by atoms with Gasteiger partial charge in [-0.25, -0.2) is 12.8 Å². The maximum Gasteiger partial charge on any atom is 0.282 e. The number of carbonyl (C=O) groups is 1. The number of amides is 1. The first-order valence-electron chi connectivity index (χ1n) is 8.59. The van der Waals surface area contributed by atoms with Gasteiger partial charge in [0.1, 0.15) is 30.2 Å². The third-order valence-corrected chi connectivity index (χ3v) is 6.92. The minimum Gasteiger partial charge on any atom is -0.318 e. The van der Waals surface area contributed by atoms with E-state index in [0.717, 1.165) is 16.2 Å². The van der Waals surface area contributed by atoms with E-state index in [-0.39, 0.29) is 41.9 Å². The van der Waals surface area contributed by atoms with Gasteiger partial charge in [-0.2, -0.15) is 0 Å². The van der Waals surface area contributed by atoms with Crippen LogP contribution in [0.1, 0.15) is 5.56 Å². The summed E-state index contributed by atoms with van der Waals surface area (Å²) in [5.41, 5.74) is 1.64. The van der Waals surface area contributed by atoms with Gasteiger partial charge in [-0.1, -0.05) is 30.3 Å². The third kappa shape index (κ3) is 3.24. The first-order chi connectivity index (χ1) is 12.4.